The Bertz CT molecular complexity index is 339. The number of rotatable bonds is 2. The van der Waals surface area contributed by atoms with Crippen LogP contribution >= 0.6 is 0 Å². The maximum Gasteiger partial charge on any atom is 0.153 e. The van der Waals surface area contributed by atoms with Crippen LogP contribution < -0.4 is 0 Å². The average molecular weight is 174 g/mol. The zero-order chi connectivity index (χ0) is 8.48. The van der Waals surface area contributed by atoms with Crippen LogP contribution in [0.2, 0.25) is 0 Å². The monoisotopic (exact) mass is 174 g/mol. The van der Waals surface area contributed by atoms with Gasteiger partial charge in [0.05, 0.1) is 11.4 Å². The molecule has 1 aromatic rings. The summed E-state index contributed by atoms with van der Waals surface area (Å²) in [5.41, 5.74) is 0.593. The highest BCUT2D eigenvalue weighted by molar-refractivity contribution is 7.89. The predicted octanol–water partition coefficient (Wildman–Crippen LogP) is -0.0353. The fourth-order valence-corrected chi connectivity index (χ4v) is 1.50. The molecule has 0 unspecified atom stereocenters. The minimum absolute atomic E-state index is 0.0217. The lowest BCUT2D eigenvalue weighted by Gasteiger charge is -1.91. The molecule has 0 spiro atoms. The fraction of sp³-hybridized carbons (Fsp3) is 0.500. The Morgan fingerprint density at radius 1 is 1.64 bits per heavy atom. The second-order valence-electron chi connectivity index (χ2n) is 2.55. The molecule has 0 fully saturated rings. The Morgan fingerprint density at radius 2 is 2.27 bits per heavy atom. The number of hydrogen-bond acceptors (Lipinski definition) is 3. The number of hydrogen-bond donors (Lipinski definition) is 0. The molecule has 11 heavy (non-hydrogen) atoms. The van der Waals surface area contributed by atoms with Crippen LogP contribution in [-0.4, -0.2) is 24.5 Å². The van der Waals surface area contributed by atoms with Crippen molar-refractivity contribution in [2.24, 2.45) is 7.05 Å². The van der Waals surface area contributed by atoms with Crippen LogP contribution in [-0.2, 0) is 22.6 Å². The quantitative estimate of drug-likeness (QED) is 0.632. The summed E-state index contributed by atoms with van der Waals surface area (Å²) in [5.74, 6) is 0.0217. The van der Waals surface area contributed by atoms with Crippen LogP contribution in [0.4, 0.5) is 0 Å². The van der Waals surface area contributed by atoms with Gasteiger partial charge in [-0.2, -0.15) is 5.10 Å². The SMILES string of the molecule is Cn1ccc(CS(C)(=O)=O)n1. The molecular weight excluding hydrogens is 164 g/mol. The normalized spacial score (nSPS) is 11.8. The third-order valence-electron chi connectivity index (χ3n) is 1.18. The van der Waals surface area contributed by atoms with Gasteiger partial charge in [0.2, 0.25) is 0 Å². The van der Waals surface area contributed by atoms with Crippen molar-refractivity contribution >= 4 is 9.84 Å². The summed E-state index contributed by atoms with van der Waals surface area (Å²) in [6.07, 6.45) is 2.92. The third kappa shape index (κ3) is 2.71. The molecule has 62 valence electrons. The molecule has 5 heteroatoms. The molecule has 0 amide bonds. The van der Waals surface area contributed by atoms with Crippen molar-refractivity contribution in [3.8, 4) is 0 Å². The first-order valence-electron chi connectivity index (χ1n) is 3.13. The Balaban J connectivity index is 2.81. The summed E-state index contributed by atoms with van der Waals surface area (Å²) in [4.78, 5) is 0. The van der Waals surface area contributed by atoms with Crippen molar-refractivity contribution in [2.45, 2.75) is 5.75 Å². The van der Waals surface area contributed by atoms with E-state index in [4.69, 9.17) is 0 Å². The van der Waals surface area contributed by atoms with E-state index in [2.05, 4.69) is 5.10 Å². The second kappa shape index (κ2) is 2.65. The summed E-state index contributed by atoms with van der Waals surface area (Å²) in [6, 6.07) is 1.70. The lowest BCUT2D eigenvalue weighted by molar-refractivity contribution is 0.600. The number of aromatic nitrogens is 2. The van der Waals surface area contributed by atoms with Crippen LogP contribution in [0.3, 0.4) is 0 Å². The summed E-state index contributed by atoms with van der Waals surface area (Å²) >= 11 is 0. The Hall–Kier alpha value is -0.840. The highest BCUT2D eigenvalue weighted by Gasteiger charge is 2.05. The first kappa shape index (κ1) is 8.26. The molecule has 0 aliphatic carbocycles. The van der Waals surface area contributed by atoms with E-state index in [0.717, 1.165) is 0 Å². The number of aryl methyl sites for hydroxylation is 1. The maximum absolute atomic E-state index is 10.8. The van der Waals surface area contributed by atoms with Gasteiger partial charge in [0.1, 0.15) is 0 Å². The highest BCUT2D eigenvalue weighted by Crippen LogP contribution is 1.99. The van der Waals surface area contributed by atoms with Gasteiger partial charge >= 0.3 is 0 Å². The van der Waals surface area contributed by atoms with Gasteiger partial charge in [0, 0.05) is 19.5 Å². The van der Waals surface area contributed by atoms with Gasteiger partial charge in [-0.3, -0.25) is 4.68 Å². The molecule has 1 heterocycles. The van der Waals surface area contributed by atoms with Gasteiger partial charge < -0.3 is 0 Å². The van der Waals surface area contributed by atoms with E-state index in [1.807, 2.05) is 0 Å². The van der Waals surface area contributed by atoms with E-state index in [1.165, 1.54) is 6.26 Å². The summed E-state index contributed by atoms with van der Waals surface area (Å²) < 4.78 is 23.1. The van der Waals surface area contributed by atoms with E-state index in [9.17, 15) is 8.42 Å². The van der Waals surface area contributed by atoms with Gasteiger partial charge in [0.15, 0.2) is 9.84 Å². The van der Waals surface area contributed by atoms with Gasteiger partial charge in [-0.05, 0) is 6.07 Å². The molecule has 0 aliphatic heterocycles. The largest absolute Gasteiger partial charge is 0.276 e. The second-order valence-corrected chi connectivity index (χ2v) is 4.69. The highest BCUT2D eigenvalue weighted by atomic mass is 32.2. The van der Waals surface area contributed by atoms with E-state index in [-0.39, 0.29) is 5.75 Å². The number of nitrogens with zero attached hydrogens (tertiary/aromatic N) is 2. The van der Waals surface area contributed by atoms with Crippen LogP contribution in [0.25, 0.3) is 0 Å². The molecule has 1 rings (SSSR count). The predicted molar refractivity (Wildman–Crippen MR) is 41.8 cm³/mol. The Kier molecular flexibility index (Phi) is 1.99. The molecule has 0 aliphatic rings. The van der Waals surface area contributed by atoms with Crippen molar-refractivity contribution in [1.82, 2.24) is 9.78 Å². The summed E-state index contributed by atoms with van der Waals surface area (Å²) in [6.45, 7) is 0. The molecule has 0 bridgehead atoms. The molecule has 1 aromatic heterocycles. The molecule has 0 aromatic carbocycles. The number of sulfone groups is 1. The molecule has 0 saturated carbocycles. The third-order valence-corrected chi connectivity index (χ3v) is 2.00. The van der Waals surface area contributed by atoms with Gasteiger partial charge in [0.25, 0.3) is 0 Å². The zero-order valence-corrected chi connectivity index (χ0v) is 7.30. The zero-order valence-electron chi connectivity index (χ0n) is 6.48. The van der Waals surface area contributed by atoms with Crippen molar-refractivity contribution in [2.75, 3.05) is 6.26 Å². The smallest absolute Gasteiger partial charge is 0.153 e. The standard InChI is InChI=1S/C6H10N2O2S/c1-8-4-3-6(7-8)5-11(2,9)10/h3-4H,5H2,1-2H3. The van der Waals surface area contributed by atoms with Crippen LogP contribution in [0.15, 0.2) is 12.3 Å². The molecule has 0 saturated heterocycles. The molecular formula is C6H10N2O2S. The lowest BCUT2D eigenvalue weighted by atomic mass is 10.5. The van der Waals surface area contributed by atoms with Crippen molar-refractivity contribution in [1.29, 1.82) is 0 Å². The van der Waals surface area contributed by atoms with Crippen LogP contribution in [0.5, 0.6) is 0 Å². The van der Waals surface area contributed by atoms with E-state index >= 15 is 0 Å². The van der Waals surface area contributed by atoms with E-state index < -0.39 is 9.84 Å². The molecule has 0 atom stereocenters. The van der Waals surface area contributed by atoms with Gasteiger partial charge in [-0.15, -0.1) is 0 Å². The average Bonchev–Trinajstić information content (AvgIpc) is 2.10. The minimum Gasteiger partial charge on any atom is -0.276 e. The van der Waals surface area contributed by atoms with Gasteiger partial charge in [-0.1, -0.05) is 0 Å². The maximum atomic E-state index is 10.8. The Morgan fingerprint density at radius 3 is 2.64 bits per heavy atom. The van der Waals surface area contributed by atoms with Crippen LogP contribution in [0, 0.1) is 0 Å². The minimum atomic E-state index is -2.94. The summed E-state index contributed by atoms with van der Waals surface area (Å²) in [5, 5.41) is 3.93. The Labute approximate surface area is 65.8 Å². The molecule has 0 radical (unpaired) electrons. The molecule has 4 nitrogen and oxygen atoms in total. The van der Waals surface area contributed by atoms with E-state index in [1.54, 1.807) is 24.0 Å². The molecule has 0 N–H and O–H groups in total. The van der Waals surface area contributed by atoms with Crippen molar-refractivity contribution in [3.63, 3.8) is 0 Å². The first-order valence-corrected chi connectivity index (χ1v) is 5.20. The fourth-order valence-electron chi connectivity index (χ4n) is 0.809. The lowest BCUT2D eigenvalue weighted by Crippen LogP contribution is -2.01. The summed E-state index contributed by atoms with van der Waals surface area (Å²) in [7, 11) is -1.18. The van der Waals surface area contributed by atoms with E-state index in [0.29, 0.717) is 5.69 Å². The van der Waals surface area contributed by atoms with Crippen LogP contribution in [0.1, 0.15) is 5.69 Å². The first-order chi connectivity index (χ1) is 4.97. The topological polar surface area (TPSA) is 52.0 Å². The van der Waals surface area contributed by atoms with Crippen molar-refractivity contribution < 1.29 is 8.42 Å². The van der Waals surface area contributed by atoms with Gasteiger partial charge in [-0.25, -0.2) is 8.42 Å². The van der Waals surface area contributed by atoms with Crippen molar-refractivity contribution in [3.05, 3.63) is 18.0 Å².